The molecule has 1 aliphatic heterocycles. The topological polar surface area (TPSA) is 60.8 Å². The van der Waals surface area contributed by atoms with E-state index in [1.54, 1.807) is 11.8 Å². The Labute approximate surface area is 168 Å². The van der Waals surface area contributed by atoms with E-state index >= 15 is 0 Å². The molecule has 2 rings (SSSR count). The summed E-state index contributed by atoms with van der Waals surface area (Å²) < 4.78 is 0. The van der Waals surface area contributed by atoms with Crippen molar-refractivity contribution in [2.24, 2.45) is 0 Å². The van der Waals surface area contributed by atoms with Crippen molar-refractivity contribution in [3.05, 3.63) is 28.8 Å². The van der Waals surface area contributed by atoms with Crippen LogP contribution in [-0.2, 0) is 15.6 Å². The lowest BCUT2D eigenvalue weighted by molar-refractivity contribution is -0.128. The van der Waals surface area contributed by atoms with E-state index in [0.29, 0.717) is 18.0 Å². The number of aliphatic hydroxyl groups is 1. The average Bonchev–Trinajstić information content (AvgIpc) is 2.90. The second-order valence-electron chi connectivity index (χ2n) is 9.50. The quantitative estimate of drug-likeness (QED) is 0.686. The van der Waals surface area contributed by atoms with Crippen molar-refractivity contribution in [2.45, 2.75) is 77.0 Å². The number of carbonyl (C=O) groups excluding carboxylic acids is 1. The molecule has 4 nitrogen and oxygen atoms in total. The van der Waals surface area contributed by atoms with Crippen LogP contribution in [0, 0.1) is 0 Å². The molecule has 0 aromatic heterocycles. The van der Waals surface area contributed by atoms with Crippen LogP contribution in [0.15, 0.2) is 12.1 Å². The van der Waals surface area contributed by atoms with Crippen molar-refractivity contribution >= 4 is 17.7 Å². The summed E-state index contributed by atoms with van der Waals surface area (Å²) in [4.78, 5) is 14.4. The molecule has 1 fully saturated rings. The molecule has 1 unspecified atom stereocenters. The molecule has 152 valence electrons. The zero-order valence-corrected chi connectivity index (χ0v) is 18.4. The van der Waals surface area contributed by atoms with Crippen LogP contribution in [-0.4, -0.2) is 39.9 Å². The molecule has 1 amide bonds. The highest BCUT2D eigenvalue weighted by Crippen LogP contribution is 2.45. The number of unbranched alkanes of at least 4 members (excludes halogenated alkanes) is 2. The molecule has 1 heterocycles. The van der Waals surface area contributed by atoms with Crippen molar-refractivity contribution in [2.75, 3.05) is 18.9 Å². The molecule has 0 radical (unpaired) electrons. The minimum Gasteiger partial charge on any atom is -0.507 e. The van der Waals surface area contributed by atoms with Gasteiger partial charge in [0, 0.05) is 13.2 Å². The van der Waals surface area contributed by atoms with Crippen LogP contribution in [0.5, 0.6) is 5.75 Å². The van der Waals surface area contributed by atoms with Gasteiger partial charge in [0.25, 0.3) is 0 Å². The third-order valence-corrected chi connectivity index (χ3v) is 6.31. The zero-order chi connectivity index (χ0) is 20.4. The number of carbonyl (C=O) groups is 1. The molecule has 1 aromatic carbocycles. The first-order valence-electron chi connectivity index (χ1n) is 9.86. The predicted octanol–water partition coefficient (Wildman–Crippen LogP) is 4.72. The summed E-state index contributed by atoms with van der Waals surface area (Å²) in [7, 11) is 0. The molecule has 1 saturated heterocycles. The number of thioether (sulfide) groups is 1. The van der Waals surface area contributed by atoms with E-state index in [4.69, 9.17) is 5.11 Å². The maximum Gasteiger partial charge on any atom is 0.233 e. The van der Waals surface area contributed by atoms with Gasteiger partial charge < -0.3 is 15.1 Å². The Morgan fingerprint density at radius 1 is 1.04 bits per heavy atom. The van der Waals surface area contributed by atoms with Crippen molar-refractivity contribution < 1.29 is 15.0 Å². The Morgan fingerprint density at radius 2 is 1.59 bits per heavy atom. The molecule has 5 heteroatoms. The number of aliphatic hydroxyl groups excluding tert-OH is 1. The van der Waals surface area contributed by atoms with Crippen molar-refractivity contribution in [3.8, 4) is 5.75 Å². The molecule has 0 spiro atoms. The molecular formula is C22H35NO3S. The number of nitrogens with zero attached hydrogens (tertiary/aromatic N) is 1. The normalized spacial score (nSPS) is 18.4. The van der Waals surface area contributed by atoms with Gasteiger partial charge in [-0.1, -0.05) is 41.5 Å². The van der Waals surface area contributed by atoms with Gasteiger partial charge in [0.05, 0.1) is 5.75 Å². The number of phenolic OH excluding ortho intramolecular Hbond substituents is 1. The first-order chi connectivity index (χ1) is 12.5. The average molecular weight is 394 g/mol. The zero-order valence-electron chi connectivity index (χ0n) is 17.6. The standard InChI is InChI=1S/C22H35NO3S/c1-21(2,3)16-12-15(13-17(19(16)26)22(4,5)6)20-23(18(25)14-27-20)10-8-7-9-11-24/h12-13,20,24,26H,7-11,14H2,1-6H3. The lowest BCUT2D eigenvalue weighted by Crippen LogP contribution is -2.30. The Morgan fingerprint density at radius 3 is 2.07 bits per heavy atom. The lowest BCUT2D eigenvalue weighted by Gasteiger charge is -2.31. The third-order valence-electron chi connectivity index (χ3n) is 5.06. The fourth-order valence-corrected chi connectivity index (χ4v) is 4.68. The molecule has 1 aliphatic rings. The van der Waals surface area contributed by atoms with Crippen LogP contribution in [0.4, 0.5) is 0 Å². The van der Waals surface area contributed by atoms with Crippen LogP contribution in [0.2, 0.25) is 0 Å². The predicted molar refractivity (Wildman–Crippen MR) is 113 cm³/mol. The minimum absolute atomic E-state index is 0.00516. The van der Waals surface area contributed by atoms with Gasteiger partial charge in [0.2, 0.25) is 5.91 Å². The van der Waals surface area contributed by atoms with Gasteiger partial charge >= 0.3 is 0 Å². The second kappa shape index (κ2) is 8.44. The van der Waals surface area contributed by atoms with E-state index < -0.39 is 0 Å². The molecule has 0 aliphatic carbocycles. The second-order valence-corrected chi connectivity index (χ2v) is 10.6. The number of aromatic hydroxyl groups is 1. The van der Waals surface area contributed by atoms with E-state index in [9.17, 15) is 9.90 Å². The number of hydrogen-bond donors (Lipinski definition) is 2. The maximum absolute atomic E-state index is 12.5. The molecule has 0 bridgehead atoms. The smallest absolute Gasteiger partial charge is 0.233 e. The van der Waals surface area contributed by atoms with Gasteiger partial charge in [0.1, 0.15) is 11.1 Å². The highest BCUT2D eigenvalue weighted by Gasteiger charge is 2.35. The largest absolute Gasteiger partial charge is 0.507 e. The molecule has 1 atom stereocenters. The van der Waals surface area contributed by atoms with E-state index in [-0.39, 0.29) is 28.7 Å². The van der Waals surface area contributed by atoms with E-state index in [0.717, 1.165) is 36.0 Å². The highest BCUT2D eigenvalue weighted by molar-refractivity contribution is 8.00. The van der Waals surface area contributed by atoms with Crippen LogP contribution in [0.1, 0.15) is 82.9 Å². The van der Waals surface area contributed by atoms with Gasteiger partial charge in [0.15, 0.2) is 0 Å². The molecule has 0 saturated carbocycles. The fourth-order valence-electron chi connectivity index (χ4n) is 3.49. The monoisotopic (exact) mass is 393 g/mol. The maximum atomic E-state index is 12.5. The number of hydrogen-bond acceptors (Lipinski definition) is 4. The number of phenols is 1. The summed E-state index contributed by atoms with van der Waals surface area (Å²) in [5, 5.41) is 19.9. The van der Waals surface area contributed by atoms with Crippen molar-refractivity contribution in [1.29, 1.82) is 0 Å². The third kappa shape index (κ3) is 5.20. The number of rotatable bonds is 6. The van der Waals surface area contributed by atoms with Gasteiger partial charge in [-0.15, -0.1) is 11.8 Å². The fraction of sp³-hybridized carbons (Fsp3) is 0.682. The Balaban J connectivity index is 2.42. The van der Waals surface area contributed by atoms with Crippen molar-refractivity contribution in [1.82, 2.24) is 4.90 Å². The van der Waals surface area contributed by atoms with E-state index in [1.807, 2.05) is 4.90 Å². The summed E-state index contributed by atoms with van der Waals surface area (Å²) in [6, 6.07) is 4.17. The van der Waals surface area contributed by atoms with Crippen LogP contribution in [0.25, 0.3) is 0 Å². The van der Waals surface area contributed by atoms with E-state index in [1.165, 1.54) is 0 Å². The Hall–Kier alpha value is -1.20. The first kappa shape index (κ1) is 22.1. The lowest BCUT2D eigenvalue weighted by atomic mass is 9.78. The van der Waals surface area contributed by atoms with Crippen molar-refractivity contribution in [3.63, 3.8) is 0 Å². The summed E-state index contributed by atoms with van der Waals surface area (Å²) in [5.41, 5.74) is 2.61. The molecule has 1 aromatic rings. The summed E-state index contributed by atoms with van der Waals surface area (Å²) >= 11 is 1.67. The van der Waals surface area contributed by atoms with Gasteiger partial charge in [-0.2, -0.15) is 0 Å². The SMILES string of the molecule is CC(C)(C)c1cc(C2SCC(=O)N2CCCCCO)cc(C(C)(C)C)c1O. The van der Waals surface area contributed by atoms with Gasteiger partial charge in [-0.25, -0.2) is 0 Å². The summed E-state index contributed by atoms with van der Waals surface area (Å²) in [6.07, 6.45) is 2.61. The molecule has 27 heavy (non-hydrogen) atoms. The van der Waals surface area contributed by atoms with Crippen LogP contribution >= 0.6 is 11.8 Å². The van der Waals surface area contributed by atoms with Crippen LogP contribution in [0.3, 0.4) is 0 Å². The molecular weight excluding hydrogens is 358 g/mol. The van der Waals surface area contributed by atoms with E-state index in [2.05, 4.69) is 53.7 Å². The number of benzene rings is 1. The highest BCUT2D eigenvalue weighted by atomic mass is 32.2. The summed E-state index contributed by atoms with van der Waals surface area (Å²) in [6.45, 7) is 13.6. The Kier molecular flexibility index (Phi) is 6.91. The number of amides is 1. The first-order valence-corrected chi connectivity index (χ1v) is 10.9. The van der Waals surface area contributed by atoms with Gasteiger partial charge in [-0.05, 0) is 58.9 Å². The van der Waals surface area contributed by atoms with Gasteiger partial charge in [-0.3, -0.25) is 4.79 Å². The summed E-state index contributed by atoms with van der Waals surface area (Å²) in [5.74, 6) is 1.06. The minimum atomic E-state index is -0.181. The van der Waals surface area contributed by atoms with Crippen LogP contribution < -0.4 is 0 Å². The Bertz CT molecular complexity index is 638. The molecule has 2 N–H and O–H groups in total.